The van der Waals surface area contributed by atoms with Crippen LogP contribution < -0.4 is 0 Å². The average molecular weight is 187 g/mol. The Morgan fingerprint density at radius 3 is 2.43 bits per heavy atom. The van der Waals surface area contributed by atoms with E-state index in [9.17, 15) is 0 Å². The Morgan fingerprint density at radius 1 is 1.21 bits per heavy atom. The topological polar surface area (TPSA) is 38.9 Å². The van der Waals surface area contributed by atoms with Crippen LogP contribution in [0.1, 0.15) is 25.3 Å². The normalized spacial score (nSPS) is 10.8. The number of rotatable bonds is 2. The number of aromatic nitrogens is 2. The third-order valence-corrected chi connectivity index (χ3v) is 2.16. The van der Waals surface area contributed by atoms with Crippen LogP contribution in [-0.4, -0.2) is 10.1 Å². The fraction of sp³-hybridized carbons (Fsp3) is 0.273. The zero-order valence-corrected chi connectivity index (χ0v) is 8.19. The molecular formula is C11H11N2O. The zero-order valence-electron chi connectivity index (χ0n) is 8.19. The summed E-state index contributed by atoms with van der Waals surface area (Å²) >= 11 is 0. The van der Waals surface area contributed by atoms with E-state index in [1.54, 1.807) is 0 Å². The molecule has 0 N–H and O–H groups in total. The molecule has 3 heteroatoms. The summed E-state index contributed by atoms with van der Waals surface area (Å²) in [5, 5.41) is 3.72. The van der Waals surface area contributed by atoms with E-state index < -0.39 is 0 Å². The van der Waals surface area contributed by atoms with Gasteiger partial charge in [-0.3, -0.25) is 0 Å². The molecule has 0 fully saturated rings. The molecule has 71 valence electrons. The molecular weight excluding hydrogens is 176 g/mol. The minimum atomic E-state index is 0.542. The second kappa shape index (κ2) is 3.62. The van der Waals surface area contributed by atoms with Crippen LogP contribution in [0.15, 0.2) is 28.8 Å². The summed E-state index contributed by atoms with van der Waals surface area (Å²) in [7, 11) is 0. The van der Waals surface area contributed by atoms with Crippen molar-refractivity contribution in [3.8, 4) is 11.4 Å². The van der Waals surface area contributed by atoms with Gasteiger partial charge in [-0.2, -0.15) is 4.98 Å². The lowest BCUT2D eigenvalue weighted by atomic mass is 10.0. The van der Waals surface area contributed by atoms with Gasteiger partial charge in [0.15, 0.2) is 0 Å². The molecule has 0 bridgehead atoms. The van der Waals surface area contributed by atoms with Crippen molar-refractivity contribution in [2.75, 3.05) is 0 Å². The van der Waals surface area contributed by atoms with Gasteiger partial charge >= 0.3 is 6.39 Å². The number of nitrogens with zero attached hydrogens (tertiary/aromatic N) is 2. The van der Waals surface area contributed by atoms with Crippen molar-refractivity contribution >= 4 is 0 Å². The molecule has 1 radical (unpaired) electrons. The number of hydrogen-bond donors (Lipinski definition) is 0. The highest BCUT2D eigenvalue weighted by Gasteiger charge is 2.03. The summed E-state index contributed by atoms with van der Waals surface area (Å²) in [4.78, 5) is 3.86. The first-order valence-corrected chi connectivity index (χ1v) is 4.57. The molecule has 2 rings (SSSR count). The smallest absolute Gasteiger partial charge is 0.316 e. The lowest BCUT2D eigenvalue weighted by molar-refractivity contribution is 0.411. The van der Waals surface area contributed by atoms with Crippen molar-refractivity contribution in [1.29, 1.82) is 0 Å². The van der Waals surface area contributed by atoms with Gasteiger partial charge in [0.1, 0.15) is 0 Å². The van der Waals surface area contributed by atoms with E-state index in [1.165, 1.54) is 5.56 Å². The molecule has 0 unspecified atom stereocenters. The van der Waals surface area contributed by atoms with Crippen LogP contribution >= 0.6 is 0 Å². The van der Waals surface area contributed by atoms with Crippen LogP contribution in [0.2, 0.25) is 0 Å². The summed E-state index contributed by atoms with van der Waals surface area (Å²) < 4.78 is 4.56. The number of benzene rings is 1. The SMILES string of the molecule is CC(C)c1ccc(-c2n[c]on2)cc1. The molecule has 14 heavy (non-hydrogen) atoms. The maximum absolute atomic E-state index is 4.56. The van der Waals surface area contributed by atoms with Crippen molar-refractivity contribution in [2.24, 2.45) is 0 Å². The first kappa shape index (κ1) is 8.94. The monoisotopic (exact) mass is 187 g/mol. The van der Waals surface area contributed by atoms with Gasteiger partial charge in [0.05, 0.1) is 0 Å². The van der Waals surface area contributed by atoms with Gasteiger partial charge in [-0.05, 0) is 11.5 Å². The minimum absolute atomic E-state index is 0.542. The van der Waals surface area contributed by atoms with Crippen molar-refractivity contribution in [1.82, 2.24) is 10.1 Å². The summed E-state index contributed by atoms with van der Waals surface area (Å²) in [6.07, 6.45) is 2.33. The van der Waals surface area contributed by atoms with Crippen LogP contribution in [0.25, 0.3) is 11.4 Å². The Bertz CT molecular complexity index is 390. The second-order valence-electron chi connectivity index (χ2n) is 3.49. The van der Waals surface area contributed by atoms with E-state index in [0.717, 1.165) is 5.56 Å². The Morgan fingerprint density at radius 2 is 1.93 bits per heavy atom. The minimum Gasteiger partial charge on any atom is -0.328 e. The Balaban J connectivity index is 2.31. The molecule has 0 amide bonds. The molecule has 2 aromatic rings. The van der Waals surface area contributed by atoms with E-state index in [2.05, 4.69) is 47.0 Å². The first-order chi connectivity index (χ1) is 6.77. The Hall–Kier alpha value is -1.64. The highest BCUT2D eigenvalue weighted by molar-refractivity contribution is 5.54. The van der Waals surface area contributed by atoms with Gasteiger partial charge in [-0.1, -0.05) is 43.3 Å². The van der Waals surface area contributed by atoms with E-state index in [1.807, 2.05) is 12.1 Å². The zero-order chi connectivity index (χ0) is 9.97. The molecule has 0 saturated heterocycles. The van der Waals surface area contributed by atoms with Crippen LogP contribution in [0.3, 0.4) is 0 Å². The molecule has 1 aromatic heterocycles. The first-order valence-electron chi connectivity index (χ1n) is 4.57. The summed E-state index contributed by atoms with van der Waals surface area (Å²) in [6.45, 7) is 4.33. The average Bonchev–Trinajstić information content (AvgIpc) is 2.71. The molecule has 1 aromatic carbocycles. The quantitative estimate of drug-likeness (QED) is 0.725. The molecule has 0 aliphatic rings. The molecule has 1 heterocycles. The summed E-state index contributed by atoms with van der Waals surface area (Å²) in [5.74, 6) is 1.13. The van der Waals surface area contributed by atoms with E-state index in [-0.39, 0.29) is 0 Å². The van der Waals surface area contributed by atoms with Gasteiger partial charge in [-0.15, -0.1) is 0 Å². The van der Waals surface area contributed by atoms with Crippen LogP contribution in [0.4, 0.5) is 0 Å². The van der Waals surface area contributed by atoms with Gasteiger partial charge in [0, 0.05) is 5.56 Å². The standard InChI is InChI=1S/C11H11N2O/c1-8(2)9-3-5-10(6-4-9)11-12-7-14-13-11/h3-6,8H,1-2H3. The van der Waals surface area contributed by atoms with Crippen LogP contribution in [0, 0.1) is 6.39 Å². The number of hydrogen-bond acceptors (Lipinski definition) is 3. The van der Waals surface area contributed by atoms with Crippen molar-refractivity contribution in [3.05, 3.63) is 36.2 Å². The third-order valence-electron chi connectivity index (χ3n) is 2.16. The second-order valence-corrected chi connectivity index (χ2v) is 3.49. The van der Waals surface area contributed by atoms with Crippen molar-refractivity contribution in [3.63, 3.8) is 0 Å². The Labute approximate surface area is 82.8 Å². The van der Waals surface area contributed by atoms with E-state index >= 15 is 0 Å². The molecule has 0 aliphatic heterocycles. The molecule has 0 aliphatic carbocycles. The molecule has 0 spiro atoms. The van der Waals surface area contributed by atoms with Crippen molar-refractivity contribution < 1.29 is 4.52 Å². The Kier molecular flexibility index (Phi) is 2.31. The maximum Gasteiger partial charge on any atom is 0.316 e. The predicted molar refractivity (Wildman–Crippen MR) is 52.7 cm³/mol. The molecule has 0 saturated carbocycles. The fourth-order valence-electron chi connectivity index (χ4n) is 1.28. The summed E-state index contributed by atoms with van der Waals surface area (Å²) in [6, 6.07) is 8.15. The lowest BCUT2D eigenvalue weighted by Crippen LogP contribution is -1.87. The predicted octanol–water partition coefficient (Wildman–Crippen LogP) is 2.66. The highest BCUT2D eigenvalue weighted by atomic mass is 16.5. The summed E-state index contributed by atoms with van der Waals surface area (Å²) in [5.41, 5.74) is 2.26. The van der Waals surface area contributed by atoms with Gasteiger partial charge in [0.25, 0.3) is 0 Å². The van der Waals surface area contributed by atoms with Crippen molar-refractivity contribution in [2.45, 2.75) is 19.8 Å². The fourth-order valence-corrected chi connectivity index (χ4v) is 1.28. The van der Waals surface area contributed by atoms with E-state index in [0.29, 0.717) is 11.7 Å². The van der Waals surface area contributed by atoms with Gasteiger partial charge in [0.2, 0.25) is 5.82 Å². The lowest BCUT2D eigenvalue weighted by Gasteiger charge is -2.04. The maximum atomic E-state index is 4.56. The van der Waals surface area contributed by atoms with Gasteiger partial charge < -0.3 is 4.52 Å². The van der Waals surface area contributed by atoms with E-state index in [4.69, 9.17) is 0 Å². The van der Waals surface area contributed by atoms with Crippen LogP contribution in [0.5, 0.6) is 0 Å². The van der Waals surface area contributed by atoms with Crippen LogP contribution in [-0.2, 0) is 0 Å². The van der Waals surface area contributed by atoms with Gasteiger partial charge in [-0.25, -0.2) is 0 Å². The molecule has 3 nitrogen and oxygen atoms in total. The third kappa shape index (κ3) is 1.66. The largest absolute Gasteiger partial charge is 0.328 e. The molecule has 0 atom stereocenters. The highest BCUT2D eigenvalue weighted by Crippen LogP contribution is 2.19.